The molecule has 0 saturated heterocycles. The van der Waals surface area contributed by atoms with Gasteiger partial charge in [-0.05, 0) is 18.2 Å². The summed E-state index contributed by atoms with van der Waals surface area (Å²) in [5.41, 5.74) is 0.753. The number of likely N-dealkylation sites (N-methyl/N-ethyl adjacent to an activating group) is 1. The van der Waals surface area contributed by atoms with Crippen LogP contribution in [-0.2, 0) is 9.05 Å². The van der Waals surface area contributed by atoms with E-state index in [-0.39, 0.29) is 4.90 Å². The van der Waals surface area contributed by atoms with Crippen LogP contribution in [-0.4, -0.2) is 28.6 Å². The second-order valence-electron chi connectivity index (χ2n) is 3.34. The molecule has 6 heteroatoms. The van der Waals surface area contributed by atoms with Crippen molar-refractivity contribution in [3.63, 3.8) is 0 Å². The Labute approximate surface area is 92.8 Å². The molecule has 0 spiro atoms. The van der Waals surface area contributed by atoms with Gasteiger partial charge in [-0.1, -0.05) is 0 Å². The van der Waals surface area contributed by atoms with Crippen LogP contribution in [0.3, 0.4) is 0 Å². The maximum atomic E-state index is 11.1. The van der Waals surface area contributed by atoms with Crippen molar-refractivity contribution in [2.45, 2.75) is 4.90 Å². The smallest absolute Gasteiger partial charge is 0.261 e. The van der Waals surface area contributed by atoms with E-state index in [1.807, 2.05) is 11.9 Å². The van der Waals surface area contributed by atoms with Gasteiger partial charge in [-0.25, -0.2) is 8.42 Å². The fraction of sp³-hybridized carbons (Fsp3) is 0.333. The van der Waals surface area contributed by atoms with E-state index in [0.717, 1.165) is 12.2 Å². The summed E-state index contributed by atoms with van der Waals surface area (Å²) in [6, 6.07) is 4.59. The zero-order valence-corrected chi connectivity index (χ0v) is 9.68. The van der Waals surface area contributed by atoms with E-state index in [2.05, 4.69) is 0 Å². The number of hydrogen-bond acceptors (Lipinski definition) is 4. The first kappa shape index (κ1) is 10.6. The lowest BCUT2D eigenvalue weighted by Crippen LogP contribution is -2.28. The molecule has 1 aromatic rings. The number of nitrogens with zero attached hydrogens (tertiary/aromatic N) is 1. The summed E-state index contributed by atoms with van der Waals surface area (Å²) in [7, 11) is 3.47. The van der Waals surface area contributed by atoms with Gasteiger partial charge in [0.2, 0.25) is 0 Å². The molecular weight excluding hydrogens is 238 g/mol. The van der Waals surface area contributed by atoms with Crippen LogP contribution in [0.1, 0.15) is 0 Å². The van der Waals surface area contributed by atoms with Crippen molar-refractivity contribution in [1.29, 1.82) is 0 Å². The van der Waals surface area contributed by atoms with Crippen LogP contribution < -0.4 is 9.64 Å². The van der Waals surface area contributed by atoms with E-state index >= 15 is 0 Å². The summed E-state index contributed by atoms with van der Waals surface area (Å²) >= 11 is 0. The van der Waals surface area contributed by atoms with Gasteiger partial charge in [0.1, 0.15) is 12.4 Å². The molecule has 1 aromatic carbocycles. The first-order chi connectivity index (χ1) is 6.98. The van der Waals surface area contributed by atoms with Gasteiger partial charge in [-0.3, -0.25) is 0 Å². The van der Waals surface area contributed by atoms with Gasteiger partial charge < -0.3 is 9.64 Å². The average Bonchev–Trinajstić information content (AvgIpc) is 2.16. The van der Waals surface area contributed by atoms with E-state index in [9.17, 15) is 8.42 Å². The van der Waals surface area contributed by atoms with Crippen LogP contribution >= 0.6 is 10.7 Å². The van der Waals surface area contributed by atoms with Crippen molar-refractivity contribution in [2.24, 2.45) is 0 Å². The molecule has 0 saturated carbocycles. The summed E-state index contributed by atoms with van der Waals surface area (Å²) in [6.45, 7) is 1.34. The predicted molar refractivity (Wildman–Crippen MR) is 58.2 cm³/mol. The van der Waals surface area contributed by atoms with Crippen LogP contribution in [0, 0.1) is 0 Å². The Hall–Kier alpha value is -0.940. The molecule has 82 valence electrons. The van der Waals surface area contributed by atoms with Gasteiger partial charge in [0.05, 0.1) is 17.1 Å². The highest BCUT2D eigenvalue weighted by atomic mass is 35.7. The Morgan fingerprint density at radius 2 is 2.20 bits per heavy atom. The predicted octanol–water partition coefficient (Wildman–Crippen LogP) is 1.44. The van der Waals surface area contributed by atoms with Crippen molar-refractivity contribution in [1.82, 2.24) is 0 Å². The van der Waals surface area contributed by atoms with Gasteiger partial charge in [0, 0.05) is 17.7 Å². The molecular formula is C9H10ClNO3S. The Kier molecular flexibility index (Phi) is 2.52. The molecule has 4 nitrogen and oxygen atoms in total. The zero-order valence-electron chi connectivity index (χ0n) is 8.10. The molecule has 0 radical (unpaired) electrons. The fourth-order valence-electron chi connectivity index (χ4n) is 1.48. The van der Waals surface area contributed by atoms with Crippen LogP contribution in [0.25, 0.3) is 0 Å². The zero-order chi connectivity index (χ0) is 11.1. The Balaban J connectivity index is 2.53. The molecule has 0 unspecified atom stereocenters. The third-order valence-corrected chi connectivity index (χ3v) is 3.66. The lowest BCUT2D eigenvalue weighted by molar-refractivity contribution is 0.311. The van der Waals surface area contributed by atoms with Gasteiger partial charge in [0.15, 0.2) is 0 Å². The number of fused-ring (bicyclic) bond motifs is 1. The van der Waals surface area contributed by atoms with Gasteiger partial charge >= 0.3 is 0 Å². The minimum atomic E-state index is -3.67. The molecule has 0 atom stereocenters. The van der Waals surface area contributed by atoms with Crippen LogP contribution in [0.5, 0.6) is 5.75 Å². The summed E-state index contributed by atoms with van der Waals surface area (Å²) in [5, 5.41) is 0. The van der Waals surface area contributed by atoms with E-state index in [0.29, 0.717) is 12.4 Å². The maximum absolute atomic E-state index is 11.1. The molecule has 15 heavy (non-hydrogen) atoms. The van der Waals surface area contributed by atoms with Gasteiger partial charge in [-0.15, -0.1) is 0 Å². The largest absolute Gasteiger partial charge is 0.490 e. The third-order valence-electron chi connectivity index (χ3n) is 2.31. The monoisotopic (exact) mass is 247 g/mol. The van der Waals surface area contributed by atoms with Crippen molar-refractivity contribution < 1.29 is 13.2 Å². The SMILES string of the molecule is CN1CCOc2ccc(S(=O)(=O)Cl)cc21. The summed E-state index contributed by atoms with van der Waals surface area (Å²) in [4.78, 5) is 2.03. The minimum absolute atomic E-state index is 0.0975. The molecule has 0 amide bonds. The molecule has 0 aliphatic carbocycles. The normalized spacial score (nSPS) is 15.7. The molecule has 1 aliphatic rings. The third kappa shape index (κ3) is 2.03. The molecule has 0 N–H and O–H groups in total. The van der Waals surface area contributed by atoms with Crippen LogP contribution in [0.2, 0.25) is 0 Å². The number of benzene rings is 1. The Morgan fingerprint density at radius 1 is 1.47 bits per heavy atom. The van der Waals surface area contributed by atoms with Gasteiger partial charge in [-0.2, -0.15) is 0 Å². The molecule has 2 rings (SSSR count). The average molecular weight is 248 g/mol. The van der Waals surface area contributed by atoms with E-state index in [4.69, 9.17) is 15.4 Å². The van der Waals surface area contributed by atoms with E-state index < -0.39 is 9.05 Å². The first-order valence-corrected chi connectivity index (χ1v) is 6.72. The highest BCUT2D eigenvalue weighted by Crippen LogP contribution is 2.33. The van der Waals surface area contributed by atoms with Crippen molar-refractivity contribution >= 4 is 25.4 Å². The number of rotatable bonds is 1. The second-order valence-corrected chi connectivity index (χ2v) is 5.90. The quantitative estimate of drug-likeness (QED) is 0.705. The maximum Gasteiger partial charge on any atom is 0.261 e. The molecule has 0 bridgehead atoms. The van der Waals surface area contributed by atoms with Crippen LogP contribution in [0.4, 0.5) is 5.69 Å². The van der Waals surface area contributed by atoms with Gasteiger partial charge in [0.25, 0.3) is 9.05 Å². The van der Waals surface area contributed by atoms with E-state index in [1.165, 1.54) is 12.1 Å². The lowest BCUT2D eigenvalue weighted by atomic mass is 10.2. The van der Waals surface area contributed by atoms with Crippen LogP contribution in [0.15, 0.2) is 23.1 Å². The topological polar surface area (TPSA) is 46.6 Å². The molecule has 1 heterocycles. The summed E-state index contributed by atoms with van der Waals surface area (Å²) in [5.74, 6) is 0.688. The molecule has 0 aromatic heterocycles. The van der Waals surface area contributed by atoms with E-state index in [1.54, 1.807) is 6.07 Å². The minimum Gasteiger partial charge on any atom is -0.490 e. The highest BCUT2D eigenvalue weighted by molar-refractivity contribution is 8.13. The summed E-state index contributed by atoms with van der Waals surface area (Å²) in [6.07, 6.45) is 0. The number of hydrogen-bond donors (Lipinski definition) is 0. The first-order valence-electron chi connectivity index (χ1n) is 4.41. The molecule has 1 aliphatic heterocycles. The Morgan fingerprint density at radius 3 is 2.87 bits per heavy atom. The number of anilines is 1. The Bertz CT molecular complexity index is 486. The number of halogens is 1. The summed E-state index contributed by atoms with van der Waals surface area (Å²) < 4.78 is 27.6. The highest BCUT2D eigenvalue weighted by Gasteiger charge is 2.18. The molecule has 0 fully saturated rings. The van der Waals surface area contributed by atoms with Crippen molar-refractivity contribution in [3.8, 4) is 5.75 Å². The standard InChI is InChI=1S/C9H10ClNO3S/c1-11-4-5-14-9-3-2-7(6-8(9)11)15(10,12)13/h2-3,6H,4-5H2,1H3. The second kappa shape index (κ2) is 3.57. The van der Waals surface area contributed by atoms with Crippen molar-refractivity contribution in [2.75, 3.05) is 25.1 Å². The number of ether oxygens (including phenoxy) is 1. The lowest BCUT2D eigenvalue weighted by Gasteiger charge is -2.27. The fourth-order valence-corrected chi connectivity index (χ4v) is 2.25. The van der Waals surface area contributed by atoms with Crippen molar-refractivity contribution in [3.05, 3.63) is 18.2 Å².